The van der Waals surface area contributed by atoms with Crippen molar-refractivity contribution >= 4 is 24.0 Å². The largest absolute Gasteiger partial charge is 0.467 e. The Kier molecular flexibility index (Phi) is 9.08. The van der Waals surface area contributed by atoms with Crippen LogP contribution < -0.4 is 10.6 Å². The first-order valence-electron chi connectivity index (χ1n) is 9.99. The van der Waals surface area contributed by atoms with Crippen molar-refractivity contribution in [3.05, 3.63) is 42.0 Å². The van der Waals surface area contributed by atoms with Crippen molar-refractivity contribution in [1.82, 2.24) is 10.6 Å². The molecule has 0 radical (unpaired) electrons. The second-order valence-electron chi connectivity index (χ2n) is 8.70. The summed E-state index contributed by atoms with van der Waals surface area (Å²) in [7, 11) is 1.27. The Hall–Kier alpha value is -2.83. The zero-order chi connectivity index (χ0) is 22.9. The molecule has 0 unspecified atom stereocenters. The molecule has 0 aliphatic carbocycles. The number of nitrogens with one attached hydrogen (secondary N) is 2. The molecule has 166 valence electrons. The van der Waals surface area contributed by atoms with Gasteiger partial charge in [-0.05, 0) is 45.6 Å². The van der Waals surface area contributed by atoms with E-state index in [0.717, 1.165) is 5.56 Å². The fourth-order valence-corrected chi connectivity index (χ4v) is 2.72. The van der Waals surface area contributed by atoms with Crippen LogP contribution in [0.1, 0.15) is 53.5 Å². The van der Waals surface area contributed by atoms with Gasteiger partial charge in [-0.2, -0.15) is 0 Å². The molecule has 0 aliphatic heterocycles. The smallest absolute Gasteiger partial charge is 0.408 e. The van der Waals surface area contributed by atoms with Gasteiger partial charge in [0.1, 0.15) is 17.2 Å². The van der Waals surface area contributed by atoms with Gasteiger partial charge in [-0.25, -0.2) is 9.59 Å². The topological polar surface area (TPSA) is 93.7 Å². The van der Waals surface area contributed by atoms with E-state index in [9.17, 15) is 14.4 Å². The summed E-state index contributed by atoms with van der Waals surface area (Å²) in [6.45, 7) is 10.4. The number of carbonyl (C=O) groups excluding carboxylic acids is 3. The molecule has 1 rings (SSSR count). The molecule has 0 spiro atoms. The molecule has 0 fully saturated rings. The fourth-order valence-electron chi connectivity index (χ4n) is 2.72. The SMILES string of the molecule is COC(=O)[C@@](C)(C/C=C/c1ccccc1)NC(=O)[C@@H](NC(=O)OC(C)(C)C)C(C)C. The first kappa shape index (κ1) is 25.2. The summed E-state index contributed by atoms with van der Waals surface area (Å²) in [6, 6.07) is 8.74. The summed E-state index contributed by atoms with van der Waals surface area (Å²) in [5.41, 5.74) is -1.01. The van der Waals surface area contributed by atoms with E-state index in [2.05, 4.69) is 10.6 Å². The van der Waals surface area contributed by atoms with Gasteiger partial charge in [-0.3, -0.25) is 4.79 Å². The molecule has 0 bridgehead atoms. The maximum Gasteiger partial charge on any atom is 0.408 e. The quantitative estimate of drug-likeness (QED) is 0.628. The maximum absolute atomic E-state index is 12.9. The third-order valence-corrected chi connectivity index (χ3v) is 4.29. The van der Waals surface area contributed by atoms with Gasteiger partial charge in [-0.15, -0.1) is 0 Å². The minimum absolute atomic E-state index is 0.220. The monoisotopic (exact) mass is 418 g/mol. The second kappa shape index (κ2) is 10.8. The number of amides is 2. The molecule has 0 saturated heterocycles. The average molecular weight is 419 g/mol. The van der Waals surface area contributed by atoms with Gasteiger partial charge in [0.2, 0.25) is 5.91 Å². The number of methoxy groups -OCH3 is 1. The molecule has 1 aromatic carbocycles. The fraction of sp³-hybridized carbons (Fsp3) is 0.522. The van der Waals surface area contributed by atoms with E-state index in [0.29, 0.717) is 0 Å². The third kappa shape index (κ3) is 8.27. The molecule has 0 aromatic heterocycles. The van der Waals surface area contributed by atoms with Crippen LogP contribution >= 0.6 is 0 Å². The summed E-state index contributed by atoms with van der Waals surface area (Å²) in [5, 5.41) is 5.34. The number of hydrogen-bond donors (Lipinski definition) is 2. The molecule has 0 aliphatic rings. The predicted molar refractivity (Wildman–Crippen MR) is 117 cm³/mol. The Labute approximate surface area is 179 Å². The summed E-state index contributed by atoms with van der Waals surface area (Å²) in [4.78, 5) is 37.5. The maximum atomic E-state index is 12.9. The molecular weight excluding hydrogens is 384 g/mol. The zero-order valence-electron chi connectivity index (χ0n) is 18.9. The summed E-state index contributed by atoms with van der Waals surface area (Å²) >= 11 is 0. The number of carbonyl (C=O) groups is 3. The van der Waals surface area contributed by atoms with E-state index in [-0.39, 0.29) is 12.3 Å². The van der Waals surface area contributed by atoms with E-state index in [4.69, 9.17) is 9.47 Å². The van der Waals surface area contributed by atoms with E-state index < -0.39 is 35.2 Å². The molecule has 2 atom stereocenters. The van der Waals surface area contributed by atoms with Crippen LogP contribution in [0.2, 0.25) is 0 Å². The van der Waals surface area contributed by atoms with Crippen LogP contribution in [0.15, 0.2) is 36.4 Å². The van der Waals surface area contributed by atoms with Gasteiger partial charge in [-0.1, -0.05) is 56.3 Å². The van der Waals surface area contributed by atoms with E-state index in [1.54, 1.807) is 47.6 Å². The number of alkyl carbamates (subject to hydrolysis) is 1. The number of ether oxygens (including phenoxy) is 2. The number of esters is 1. The van der Waals surface area contributed by atoms with E-state index in [1.807, 2.05) is 36.4 Å². The molecule has 7 heteroatoms. The first-order valence-corrected chi connectivity index (χ1v) is 9.99. The van der Waals surface area contributed by atoms with Crippen LogP contribution in [-0.2, 0) is 19.1 Å². The normalized spacial score (nSPS) is 14.7. The van der Waals surface area contributed by atoms with Gasteiger partial charge < -0.3 is 20.1 Å². The molecule has 0 heterocycles. The minimum atomic E-state index is -1.29. The van der Waals surface area contributed by atoms with E-state index >= 15 is 0 Å². The Morgan fingerprint density at radius 3 is 2.17 bits per heavy atom. The van der Waals surface area contributed by atoms with E-state index in [1.165, 1.54) is 7.11 Å². The Bertz CT molecular complexity index is 753. The number of rotatable bonds is 8. The van der Waals surface area contributed by atoms with Crippen molar-refractivity contribution in [2.24, 2.45) is 5.92 Å². The number of benzene rings is 1. The Balaban J connectivity index is 2.94. The lowest BCUT2D eigenvalue weighted by Gasteiger charge is -2.31. The predicted octanol–water partition coefficient (Wildman–Crippen LogP) is 3.69. The summed E-state index contributed by atoms with van der Waals surface area (Å²) in [6.07, 6.45) is 3.20. The van der Waals surface area contributed by atoms with Crippen LogP contribution in [0.5, 0.6) is 0 Å². The summed E-state index contributed by atoms with van der Waals surface area (Å²) < 4.78 is 10.2. The van der Waals surface area contributed by atoms with Crippen molar-refractivity contribution in [3.63, 3.8) is 0 Å². The molecule has 1 aromatic rings. The van der Waals surface area contributed by atoms with Crippen LogP contribution in [0.25, 0.3) is 6.08 Å². The molecule has 2 amide bonds. The van der Waals surface area contributed by atoms with Crippen LogP contribution in [0, 0.1) is 5.92 Å². The number of hydrogen-bond acceptors (Lipinski definition) is 5. The molecule has 7 nitrogen and oxygen atoms in total. The standard InChI is InChI=1S/C23H34N2O5/c1-16(2)18(24-21(28)30-22(3,4)5)19(26)25-23(6,20(27)29-7)15-11-14-17-12-9-8-10-13-17/h8-14,16,18H,15H2,1-7H3,(H,24,28)(H,25,26)/b14-11+/t18-,23+/m0/s1. The Morgan fingerprint density at radius 2 is 1.67 bits per heavy atom. The van der Waals surface area contributed by atoms with Crippen molar-refractivity contribution in [1.29, 1.82) is 0 Å². The van der Waals surface area contributed by atoms with Crippen molar-refractivity contribution in [2.45, 2.75) is 65.1 Å². The van der Waals surface area contributed by atoms with Gasteiger partial charge >= 0.3 is 12.1 Å². The first-order chi connectivity index (χ1) is 13.9. The lowest BCUT2D eigenvalue weighted by Crippen LogP contribution is -2.59. The molecular formula is C23H34N2O5. The van der Waals surface area contributed by atoms with Crippen molar-refractivity contribution < 1.29 is 23.9 Å². The Morgan fingerprint density at radius 1 is 1.07 bits per heavy atom. The van der Waals surface area contributed by atoms with Crippen LogP contribution in [-0.4, -0.2) is 42.3 Å². The van der Waals surface area contributed by atoms with Crippen LogP contribution in [0.3, 0.4) is 0 Å². The molecule has 2 N–H and O–H groups in total. The highest BCUT2D eigenvalue weighted by Gasteiger charge is 2.38. The average Bonchev–Trinajstić information content (AvgIpc) is 2.64. The second-order valence-corrected chi connectivity index (χ2v) is 8.70. The van der Waals surface area contributed by atoms with Gasteiger partial charge in [0.25, 0.3) is 0 Å². The van der Waals surface area contributed by atoms with Gasteiger partial charge in [0, 0.05) is 0 Å². The minimum Gasteiger partial charge on any atom is -0.467 e. The lowest BCUT2D eigenvalue weighted by atomic mass is 9.95. The zero-order valence-corrected chi connectivity index (χ0v) is 18.9. The van der Waals surface area contributed by atoms with Crippen molar-refractivity contribution in [2.75, 3.05) is 7.11 Å². The lowest BCUT2D eigenvalue weighted by molar-refractivity contribution is -0.150. The van der Waals surface area contributed by atoms with Gasteiger partial charge in [0.15, 0.2) is 0 Å². The highest BCUT2D eigenvalue weighted by Crippen LogP contribution is 2.16. The van der Waals surface area contributed by atoms with Gasteiger partial charge in [0.05, 0.1) is 7.11 Å². The van der Waals surface area contributed by atoms with Crippen LogP contribution in [0.4, 0.5) is 4.79 Å². The highest BCUT2D eigenvalue weighted by atomic mass is 16.6. The summed E-state index contributed by atoms with van der Waals surface area (Å²) in [5.74, 6) is -1.29. The third-order valence-electron chi connectivity index (χ3n) is 4.29. The molecule has 30 heavy (non-hydrogen) atoms. The molecule has 0 saturated carbocycles. The van der Waals surface area contributed by atoms with Crippen molar-refractivity contribution in [3.8, 4) is 0 Å². The highest BCUT2D eigenvalue weighted by molar-refractivity contribution is 5.92.